The minimum atomic E-state index is -0.719. The van der Waals surface area contributed by atoms with Gasteiger partial charge in [0.15, 0.2) is 0 Å². The summed E-state index contributed by atoms with van der Waals surface area (Å²) in [7, 11) is -0.719. The Kier molecular flexibility index (Phi) is 5.00. The summed E-state index contributed by atoms with van der Waals surface area (Å²) in [6.45, 7) is 11.2. The summed E-state index contributed by atoms with van der Waals surface area (Å²) in [4.78, 5) is 0. The van der Waals surface area contributed by atoms with Crippen LogP contribution >= 0.6 is 0 Å². The minimum Gasteiger partial charge on any atom is -0.376 e. The Morgan fingerprint density at radius 3 is 2.50 bits per heavy atom. The molecule has 1 aliphatic carbocycles. The highest BCUT2D eigenvalue weighted by atomic mass is 28.3. The third kappa shape index (κ3) is 5.13. The van der Waals surface area contributed by atoms with Crippen molar-refractivity contribution in [3.8, 4) is 0 Å². The van der Waals surface area contributed by atoms with Crippen LogP contribution in [0.15, 0.2) is 23.8 Å². The van der Waals surface area contributed by atoms with Crippen LogP contribution < -0.4 is 0 Å². The van der Waals surface area contributed by atoms with Gasteiger partial charge in [0, 0.05) is 5.73 Å². The van der Waals surface area contributed by atoms with E-state index in [4.69, 9.17) is 4.74 Å². The molecule has 0 bridgehead atoms. The maximum absolute atomic E-state index is 6.17. The lowest BCUT2D eigenvalue weighted by Gasteiger charge is -2.30. The number of hydrogen-bond acceptors (Lipinski definition) is 1. The number of allylic oxidation sites excluding steroid dienone is 4. The van der Waals surface area contributed by atoms with Crippen LogP contribution in [0.3, 0.4) is 0 Å². The van der Waals surface area contributed by atoms with E-state index in [0.717, 1.165) is 6.42 Å². The van der Waals surface area contributed by atoms with Gasteiger partial charge in [-0.3, -0.25) is 0 Å². The molecule has 0 amide bonds. The largest absolute Gasteiger partial charge is 0.376 e. The van der Waals surface area contributed by atoms with Crippen molar-refractivity contribution in [1.29, 1.82) is 0 Å². The predicted octanol–water partition coefficient (Wildman–Crippen LogP) is 3.86. The molecule has 0 N–H and O–H groups in total. The van der Waals surface area contributed by atoms with Crippen molar-refractivity contribution in [2.24, 2.45) is 0 Å². The molecule has 0 saturated carbocycles. The normalized spacial score (nSPS) is 18.0. The van der Waals surface area contributed by atoms with Crippen molar-refractivity contribution < 1.29 is 4.74 Å². The first-order valence-corrected chi connectivity index (χ1v) is 9.39. The summed E-state index contributed by atoms with van der Waals surface area (Å²) in [5.74, 6) is 0. The molecule has 1 aliphatic rings. The van der Waals surface area contributed by atoms with Crippen molar-refractivity contribution in [3.63, 3.8) is 0 Å². The fraction of sp³-hybridized carbons (Fsp3) is 0.714. The Hall–Kier alpha value is -0.343. The number of ether oxygens (including phenoxy) is 1. The molecule has 2 heteroatoms. The van der Waals surface area contributed by atoms with E-state index >= 15 is 0 Å². The van der Waals surface area contributed by atoms with E-state index in [0.29, 0.717) is 5.73 Å². The summed E-state index contributed by atoms with van der Waals surface area (Å²) in [6.07, 6.45) is 10.3. The molecule has 92 valence electrons. The molecule has 16 heavy (non-hydrogen) atoms. The van der Waals surface area contributed by atoms with Crippen LogP contribution in [0.2, 0.25) is 13.1 Å². The lowest BCUT2D eigenvalue weighted by Crippen LogP contribution is -2.35. The molecular formula is C14H26OSi. The highest BCUT2D eigenvalue weighted by molar-refractivity contribution is 6.57. The second-order valence-electron chi connectivity index (χ2n) is 5.97. The molecule has 0 spiro atoms. The van der Waals surface area contributed by atoms with Gasteiger partial charge in [-0.1, -0.05) is 36.9 Å². The molecule has 0 aromatic rings. The lowest BCUT2D eigenvalue weighted by atomic mass is 10.1. The van der Waals surface area contributed by atoms with Crippen LogP contribution in [0.5, 0.6) is 0 Å². The van der Waals surface area contributed by atoms with Crippen LogP contribution in [-0.4, -0.2) is 20.1 Å². The zero-order valence-electron chi connectivity index (χ0n) is 11.4. The van der Waals surface area contributed by atoms with Crippen LogP contribution in [0.4, 0.5) is 0 Å². The summed E-state index contributed by atoms with van der Waals surface area (Å²) < 4.78 is 6.17. The number of hydrogen-bond donors (Lipinski definition) is 0. The third-order valence-electron chi connectivity index (χ3n) is 2.81. The molecule has 0 aliphatic heterocycles. The Morgan fingerprint density at radius 2 is 2.06 bits per heavy atom. The highest BCUT2D eigenvalue weighted by Gasteiger charge is 2.22. The molecule has 0 aromatic carbocycles. The Bertz CT molecular complexity index is 271. The molecule has 1 rings (SSSR count). The van der Waals surface area contributed by atoms with Crippen molar-refractivity contribution in [2.45, 2.75) is 64.5 Å². The average molecular weight is 238 g/mol. The van der Waals surface area contributed by atoms with E-state index in [-0.39, 0.29) is 5.60 Å². The van der Waals surface area contributed by atoms with Crippen LogP contribution in [0.1, 0.15) is 40.0 Å². The van der Waals surface area contributed by atoms with Crippen molar-refractivity contribution in [2.75, 3.05) is 0 Å². The van der Waals surface area contributed by atoms with E-state index in [1.807, 2.05) is 0 Å². The van der Waals surface area contributed by atoms with E-state index in [9.17, 15) is 0 Å². The van der Waals surface area contributed by atoms with Crippen molar-refractivity contribution >= 4 is 8.80 Å². The molecule has 0 aromatic heterocycles. The predicted molar refractivity (Wildman–Crippen MR) is 74.6 cm³/mol. The molecular weight excluding hydrogens is 212 g/mol. The second-order valence-corrected chi connectivity index (χ2v) is 9.20. The Labute approximate surface area is 102 Å². The van der Waals surface area contributed by atoms with Gasteiger partial charge < -0.3 is 4.74 Å². The van der Waals surface area contributed by atoms with Crippen molar-refractivity contribution in [1.82, 2.24) is 0 Å². The monoisotopic (exact) mass is 238 g/mol. The van der Waals surface area contributed by atoms with Gasteiger partial charge in [-0.2, -0.15) is 0 Å². The van der Waals surface area contributed by atoms with Gasteiger partial charge >= 0.3 is 0 Å². The van der Waals surface area contributed by atoms with Crippen LogP contribution in [0.25, 0.3) is 0 Å². The van der Waals surface area contributed by atoms with Crippen molar-refractivity contribution in [3.05, 3.63) is 23.8 Å². The maximum Gasteiger partial charge on any atom is 0.0656 e. The summed E-state index contributed by atoms with van der Waals surface area (Å²) >= 11 is 0. The minimum absolute atomic E-state index is 0.00182. The Balaban J connectivity index is 2.42. The summed E-state index contributed by atoms with van der Waals surface area (Å²) in [5, 5.41) is 0. The maximum atomic E-state index is 6.17. The van der Waals surface area contributed by atoms with E-state index in [1.165, 1.54) is 18.4 Å². The zero-order chi connectivity index (χ0) is 12.2. The quantitative estimate of drug-likeness (QED) is 0.661. The Morgan fingerprint density at radius 1 is 1.38 bits per heavy atom. The molecule has 1 unspecified atom stereocenters. The van der Waals surface area contributed by atoms with E-state index in [1.54, 1.807) is 0 Å². The van der Waals surface area contributed by atoms with E-state index < -0.39 is 8.80 Å². The fourth-order valence-electron chi connectivity index (χ4n) is 1.98. The molecule has 1 atom stereocenters. The third-order valence-corrected chi connectivity index (χ3v) is 4.77. The first-order valence-electron chi connectivity index (χ1n) is 6.42. The van der Waals surface area contributed by atoms with Gasteiger partial charge in [0.05, 0.1) is 14.4 Å². The molecule has 0 heterocycles. The SMILES string of the molecule is C[SiH](C)C(CCC1=CCC=C1)OC(C)(C)C. The summed E-state index contributed by atoms with van der Waals surface area (Å²) in [6, 6.07) is 0. The van der Waals surface area contributed by atoms with Gasteiger partial charge in [-0.05, 0) is 40.0 Å². The van der Waals surface area contributed by atoms with Crippen LogP contribution in [0, 0.1) is 0 Å². The number of rotatable bonds is 5. The smallest absolute Gasteiger partial charge is 0.0656 e. The average Bonchev–Trinajstić information content (AvgIpc) is 2.62. The van der Waals surface area contributed by atoms with Gasteiger partial charge in [0.25, 0.3) is 0 Å². The summed E-state index contributed by atoms with van der Waals surface area (Å²) in [5.41, 5.74) is 2.01. The lowest BCUT2D eigenvalue weighted by molar-refractivity contribution is -0.0285. The molecule has 0 radical (unpaired) electrons. The zero-order valence-corrected chi connectivity index (χ0v) is 12.6. The topological polar surface area (TPSA) is 9.23 Å². The van der Waals surface area contributed by atoms with Gasteiger partial charge in [0.1, 0.15) is 0 Å². The highest BCUT2D eigenvalue weighted by Crippen LogP contribution is 2.21. The first-order chi connectivity index (χ1) is 7.38. The van der Waals surface area contributed by atoms with Crippen LogP contribution in [-0.2, 0) is 4.74 Å². The van der Waals surface area contributed by atoms with Gasteiger partial charge in [0.2, 0.25) is 0 Å². The standard InChI is InChI=1S/C14H26OSi/c1-14(2,3)15-13(16(4)5)11-10-12-8-6-7-9-12/h6,8-9,13,16H,7,10-11H2,1-5H3. The van der Waals surface area contributed by atoms with Gasteiger partial charge in [-0.25, -0.2) is 0 Å². The van der Waals surface area contributed by atoms with E-state index in [2.05, 4.69) is 52.1 Å². The van der Waals surface area contributed by atoms with Gasteiger partial charge in [-0.15, -0.1) is 0 Å². The first kappa shape index (κ1) is 13.7. The molecule has 0 fully saturated rings. The molecule has 0 saturated heterocycles. The second kappa shape index (κ2) is 5.83. The fourth-order valence-corrected chi connectivity index (χ4v) is 3.50. The molecule has 1 nitrogen and oxygen atoms in total.